The maximum atomic E-state index is 13.4. The Hall–Kier alpha value is -2.77. The van der Waals surface area contributed by atoms with Crippen LogP contribution in [-0.4, -0.2) is 27.7 Å². The number of ether oxygens (including phenoxy) is 1. The van der Waals surface area contributed by atoms with Crippen molar-refractivity contribution in [2.45, 2.75) is 45.3 Å². The molecule has 3 heterocycles. The van der Waals surface area contributed by atoms with Gasteiger partial charge in [0.2, 0.25) is 0 Å². The number of carbonyl (C=O) groups is 1. The van der Waals surface area contributed by atoms with E-state index in [-0.39, 0.29) is 23.1 Å². The van der Waals surface area contributed by atoms with Gasteiger partial charge >= 0.3 is 5.97 Å². The summed E-state index contributed by atoms with van der Waals surface area (Å²) in [5.74, 6) is -0.676. The number of benzene rings is 1. The molecule has 0 unspecified atom stereocenters. The van der Waals surface area contributed by atoms with Crippen LogP contribution in [0.2, 0.25) is 0 Å². The molecule has 5 nitrogen and oxygen atoms in total. The normalized spacial score (nSPS) is 23.8. The molecular formula is C26H27FN2O3S. The molecular weight excluding hydrogens is 439 g/mol. The van der Waals surface area contributed by atoms with Crippen molar-refractivity contribution >= 4 is 23.4 Å². The summed E-state index contributed by atoms with van der Waals surface area (Å²) in [5, 5.41) is 11.8. The van der Waals surface area contributed by atoms with E-state index in [1.165, 1.54) is 36.2 Å². The lowest BCUT2D eigenvalue weighted by molar-refractivity contribution is -0.0687. The molecule has 33 heavy (non-hydrogen) atoms. The Kier molecular flexibility index (Phi) is 5.29. The van der Waals surface area contributed by atoms with E-state index in [1.54, 1.807) is 18.2 Å². The Morgan fingerprint density at radius 1 is 1.30 bits per heavy atom. The summed E-state index contributed by atoms with van der Waals surface area (Å²) in [6, 6.07) is 10.0. The number of carbonyl (C=O) groups excluding carboxylic acids is 1. The second-order valence-corrected chi connectivity index (χ2v) is 10.5. The number of thiophene rings is 1. The van der Waals surface area contributed by atoms with Crippen LogP contribution in [0.25, 0.3) is 17.3 Å². The van der Waals surface area contributed by atoms with Gasteiger partial charge in [-0.05, 0) is 68.7 Å². The molecule has 1 saturated carbocycles. The molecule has 172 valence electrons. The van der Waals surface area contributed by atoms with Crippen molar-refractivity contribution < 1.29 is 19.0 Å². The molecule has 2 aliphatic rings. The molecule has 0 bridgehead atoms. The molecule has 1 fully saturated rings. The van der Waals surface area contributed by atoms with Crippen LogP contribution in [0.5, 0.6) is 0 Å². The topological polar surface area (TPSA) is 64.3 Å². The minimum absolute atomic E-state index is 0.0287. The summed E-state index contributed by atoms with van der Waals surface area (Å²) in [5.41, 5.74) is 2.71. The summed E-state index contributed by atoms with van der Waals surface area (Å²) in [4.78, 5) is 17.9. The summed E-state index contributed by atoms with van der Waals surface area (Å²) in [6.45, 7) is 4.80. The van der Waals surface area contributed by atoms with Gasteiger partial charge in [-0.1, -0.05) is 12.5 Å². The quantitative estimate of drug-likeness (QED) is 0.505. The zero-order chi connectivity index (χ0) is 23.4. The first kappa shape index (κ1) is 22.0. The molecule has 0 radical (unpaired) electrons. The van der Waals surface area contributed by atoms with Gasteiger partial charge in [0, 0.05) is 28.3 Å². The average molecular weight is 467 g/mol. The van der Waals surface area contributed by atoms with E-state index in [0.29, 0.717) is 11.4 Å². The molecule has 0 spiro atoms. The summed E-state index contributed by atoms with van der Waals surface area (Å²) in [6.07, 6.45) is 6.90. The van der Waals surface area contributed by atoms with Crippen LogP contribution in [0.3, 0.4) is 0 Å². The van der Waals surface area contributed by atoms with Crippen LogP contribution < -0.4 is 0 Å². The molecule has 3 aromatic rings. The molecule has 0 saturated heterocycles. The van der Waals surface area contributed by atoms with Gasteiger partial charge in [-0.3, -0.25) is 0 Å². The average Bonchev–Trinajstić information content (AvgIpc) is 3.44. The second-order valence-electron chi connectivity index (χ2n) is 9.45. The first-order chi connectivity index (χ1) is 15.7. The molecule has 0 amide bonds. The van der Waals surface area contributed by atoms with Crippen molar-refractivity contribution in [1.29, 1.82) is 0 Å². The lowest BCUT2D eigenvalue weighted by Crippen LogP contribution is -2.48. The highest BCUT2D eigenvalue weighted by Gasteiger charge is 2.51. The van der Waals surface area contributed by atoms with Gasteiger partial charge in [0.15, 0.2) is 0 Å². The number of hydrogen-bond donors (Lipinski definition) is 1. The largest absolute Gasteiger partial charge is 0.465 e. The van der Waals surface area contributed by atoms with Gasteiger partial charge in [0.1, 0.15) is 10.7 Å². The third-order valence-electron chi connectivity index (χ3n) is 7.42. The Labute approximate surface area is 196 Å². The number of halogens is 1. The van der Waals surface area contributed by atoms with Crippen molar-refractivity contribution in [2.75, 3.05) is 7.11 Å². The zero-order valence-electron chi connectivity index (χ0n) is 19.0. The van der Waals surface area contributed by atoms with Crippen LogP contribution in [0, 0.1) is 17.2 Å². The van der Waals surface area contributed by atoms with Gasteiger partial charge < -0.3 is 14.4 Å². The SMILES string of the molecule is COC(=O)c1ccc([C@@](C)(O)[C@H]2CCCC3=Cc4c(-c5ccc(F)cc5)ncn4C[C@@]32C)s1. The minimum Gasteiger partial charge on any atom is -0.465 e. The van der Waals surface area contributed by atoms with E-state index in [1.807, 2.05) is 19.3 Å². The van der Waals surface area contributed by atoms with Gasteiger partial charge in [-0.2, -0.15) is 0 Å². The lowest BCUT2D eigenvalue weighted by Gasteiger charge is -2.51. The summed E-state index contributed by atoms with van der Waals surface area (Å²) < 4.78 is 20.4. The minimum atomic E-state index is -1.09. The summed E-state index contributed by atoms with van der Waals surface area (Å²) in [7, 11) is 1.37. The number of hydrogen-bond acceptors (Lipinski definition) is 5. The highest BCUT2D eigenvalue weighted by atomic mass is 32.1. The van der Waals surface area contributed by atoms with E-state index in [0.717, 1.165) is 41.1 Å². The number of imidazole rings is 1. The first-order valence-electron chi connectivity index (χ1n) is 11.2. The molecule has 1 aliphatic heterocycles. The van der Waals surface area contributed by atoms with Crippen LogP contribution in [0.1, 0.15) is 53.4 Å². The number of aromatic nitrogens is 2. The number of fused-ring (bicyclic) bond motifs is 2. The third-order valence-corrected chi connectivity index (χ3v) is 8.71. The van der Waals surface area contributed by atoms with E-state index >= 15 is 0 Å². The number of allylic oxidation sites excluding steroid dienone is 1. The van der Waals surface area contributed by atoms with Crippen molar-refractivity contribution in [3.05, 3.63) is 69.6 Å². The molecule has 3 atom stereocenters. The van der Waals surface area contributed by atoms with Gasteiger partial charge in [-0.25, -0.2) is 14.2 Å². The fraction of sp³-hybridized carbons (Fsp3) is 0.385. The van der Waals surface area contributed by atoms with Crippen molar-refractivity contribution in [3.8, 4) is 11.3 Å². The Balaban J connectivity index is 1.52. The van der Waals surface area contributed by atoms with Crippen molar-refractivity contribution in [1.82, 2.24) is 9.55 Å². The molecule has 7 heteroatoms. The van der Waals surface area contributed by atoms with E-state index in [2.05, 4.69) is 22.6 Å². The zero-order valence-corrected chi connectivity index (χ0v) is 19.8. The standard InChI is InChI=1S/C26H27FN2O3S/c1-25-14-29-15-28-23(16-7-9-18(27)10-8-16)19(29)13-17(25)5-4-6-21(25)26(2,31)22-12-11-20(33-22)24(30)32-3/h7-13,15,21,31H,4-6,14H2,1-3H3/t21-,25-,26-/m0/s1. The number of rotatable bonds is 4. The van der Waals surface area contributed by atoms with E-state index in [9.17, 15) is 14.3 Å². The Bertz CT molecular complexity index is 1240. The fourth-order valence-electron chi connectivity index (χ4n) is 5.68. The highest BCUT2D eigenvalue weighted by molar-refractivity contribution is 7.14. The van der Waals surface area contributed by atoms with E-state index < -0.39 is 5.60 Å². The number of aliphatic hydroxyl groups is 1. The second kappa shape index (κ2) is 7.92. The molecule has 1 N–H and O–H groups in total. The highest BCUT2D eigenvalue weighted by Crippen LogP contribution is 2.56. The molecule has 1 aliphatic carbocycles. The lowest BCUT2D eigenvalue weighted by atomic mass is 9.58. The smallest absolute Gasteiger partial charge is 0.348 e. The maximum absolute atomic E-state index is 13.4. The molecule has 5 rings (SSSR count). The van der Waals surface area contributed by atoms with Gasteiger partial charge in [0.05, 0.1) is 30.4 Å². The van der Waals surface area contributed by atoms with E-state index in [4.69, 9.17) is 4.74 Å². The fourth-order valence-corrected chi connectivity index (χ4v) is 6.71. The van der Waals surface area contributed by atoms with Crippen molar-refractivity contribution in [2.24, 2.45) is 11.3 Å². The van der Waals surface area contributed by atoms with Crippen LogP contribution in [0.15, 0.2) is 48.3 Å². The van der Waals surface area contributed by atoms with Crippen LogP contribution in [-0.2, 0) is 16.9 Å². The predicted octanol–water partition coefficient (Wildman–Crippen LogP) is 5.65. The first-order valence-corrected chi connectivity index (χ1v) is 12.0. The molecule has 2 aromatic heterocycles. The third kappa shape index (κ3) is 3.54. The summed E-state index contributed by atoms with van der Waals surface area (Å²) >= 11 is 1.30. The Morgan fingerprint density at radius 3 is 2.79 bits per heavy atom. The maximum Gasteiger partial charge on any atom is 0.348 e. The monoisotopic (exact) mass is 466 g/mol. The van der Waals surface area contributed by atoms with Crippen molar-refractivity contribution in [3.63, 3.8) is 0 Å². The number of esters is 1. The molecule has 1 aromatic carbocycles. The van der Waals surface area contributed by atoms with Crippen LogP contribution >= 0.6 is 11.3 Å². The Morgan fingerprint density at radius 2 is 2.06 bits per heavy atom. The van der Waals surface area contributed by atoms with Crippen LogP contribution in [0.4, 0.5) is 4.39 Å². The van der Waals surface area contributed by atoms with Gasteiger partial charge in [0.25, 0.3) is 0 Å². The number of methoxy groups -OCH3 is 1. The van der Waals surface area contributed by atoms with Gasteiger partial charge in [-0.15, -0.1) is 11.3 Å². The number of nitrogens with zero attached hydrogens (tertiary/aromatic N) is 2. The predicted molar refractivity (Wildman–Crippen MR) is 126 cm³/mol.